The monoisotopic (exact) mass is 402 g/mol. The number of ether oxygens (including phenoxy) is 4. The first kappa shape index (κ1) is 21.3. The van der Waals surface area contributed by atoms with Crippen LogP contribution in [0.5, 0.6) is 0 Å². The first-order valence-electron chi connectivity index (χ1n) is 7.96. The van der Waals surface area contributed by atoms with Crippen molar-refractivity contribution in [2.24, 2.45) is 0 Å². The fourth-order valence-electron chi connectivity index (χ4n) is 2.44. The van der Waals surface area contributed by atoms with E-state index >= 15 is 0 Å². The van der Waals surface area contributed by atoms with Crippen molar-refractivity contribution in [2.75, 3.05) is 20.8 Å². The Hall–Kier alpha value is -1.98. The van der Waals surface area contributed by atoms with Crippen LogP contribution in [-0.2, 0) is 38.0 Å². The number of rotatable bonds is 8. The van der Waals surface area contributed by atoms with Gasteiger partial charge in [0.2, 0.25) is 0 Å². The summed E-state index contributed by atoms with van der Waals surface area (Å²) in [7, 11) is -1.61. The van der Waals surface area contributed by atoms with Gasteiger partial charge >= 0.3 is 5.97 Å². The molecule has 0 bridgehead atoms. The number of hydrogen-bond donors (Lipinski definition) is 1. The average Bonchev–Trinajstić information content (AvgIpc) is 2.95. The predicted octanol–water partition coefficient (Wildman–Crippen LogP) is 0.504. The molecule has 0 radical (unpaired) electrons. The van der Waals surface area contributed by atoms with E-state index in [-0.39, 0.29) is 10.7 Å². The lowest BCUT2D eigenvalue weighted by atomic mass is 10.1. The number of carbonyl (C=O) groups is 1. The van der Waals surface area contributed by atoms with Crippen molar-refractivity contribution in [1.29, 1.82) is 0 Å². The zero-order chi connectivity index (χ0) is 20.2. The van der Waals surface area contributed by atoms with Gasteiger partial charge in [0.15, 0.2) is 18.2 Å². The lowest BCUT2D eigenvalue weighted by Gasteiger charge is -2.21. The number of aliphatic hydroxyl groups is 1. The summed E-state index contributed by atoms with van der Waals surface area (Å²) in [6, 6.07) is 6.11. The summed E-state index contributed by atoms with van der Waals surface area (Å²) in [6.07, 6.45) is -4.57. The highest BCUT2D eigenvalue weighted by atomic mass is 32.2. The molecule has 150 valence electrons. The van der Waals surface area contributed by atoms with Crippen molar-refractivity contribution in [3.05, 3.63) is 42.2 Å². The van der Waals surface area contributed by atoms with Gasteiger partial charge in [0.1, 0.15) is 12.2 Å². The van der Waals surface area contributed by atoms with E-state index in [9.17, 15) is 18.3 Å². The van der Waals surface area contributed by atoms with E-state index in [1.807, 2.05) is 6.92 Å². The van der Waals surface area contributed by atoms with E-state index in [0.717, 1.165) is 12.7 Å². The van der Waals surface area contributed by atoms with Crippen LogP contribution < -0.4 is 0 Å². The second kappa shape index (κ2) is 8.81. The number of aryl methyl sites for hydroxylation is 1. The maximum Gasteiger partial charge on any atom is 0.372 e. The molecule has 4 atom stereocenters. The second-order valence-corrected chi connectivity index (χ2v) is 7.43. The van der Waals surface area contributed by atoms with Gasteiger partial charge in [-0.1, -0.05) is 17.7 Å². The molecule has 1 fully saturated rings. The first-order chi connectivity index (χ1) is 12.7. The molecule has 1 N–H and O–H groups in total. The molecule has 0 spiro atoms. The fourth-order valence-corrected chi connectivity index (χ4v) is 3.35. The molecule has 10 heteroatoms. The summed E-state index contributed by atoms with van der Waals surface area (Å²) in [4.78, 5) is 11.4. The molecule has 0 saturated carbocycles. The summed E-state index contributed by atoms with van der Waals surface area (Å²) in [5.41, 5.74) is 0.897. The minimum Gasteiger partial charge on any atom is -0.478 e. The minimum atomic E-state index is -4.05. The molecule has 1 aliphatic rings. The van der Waals surface area contributed by atoms with Crippen LogP contribution in [0.2, 0.25) is 0 Å². The summed E-state index contributed by atoms with van der Waals surface area (Å²) in [5, 5.41) is 10.2. The summed E-state index contributed by atoms with van der Waals surface area (Å²) in [5.74, 6) is -1.21. The first-order valence-corrected chi connectivity index (χ1v) is 9.36. The molecule has 2 rings (SSSR count). The third-order valence-corrected chi connectivity index (χ3v) is 5.21. The van der Waals surface area contributed by atoms with Crippen molar-refractivity contribution in [1.82, 2.24) is 0 Å². The van der Waals surface area contributed by atoms with Crippen LogP contribution in [0.15, 0.2) is 41.5 Å². The molecule has 1 saturated heterocycles. The highest BCUT2D eigenvalue weighted by Crippen LogP contribution is 2.27. The highest BCUT2D eigenvalue weighted by molar-refractivity contribution is 7.86. The third-order valence-electron chi connectivity index (χ3n) is 3.91. The maximum atomic E-state index is 12.3. The molecular formula is C17H22O9S. The Balaban J connectivity index is 2.10. The minimum absolute atomic E-state index is 0.0219. The van der Waals surface area contributed by atoms with Gasteiger partial charge in [-0.3, -0.25) is 4.18 Å². The fraction of sp³-hybridized carbons (Fsp3) is 0.471. The van der Waals surface area contributed by atoms with E-state index < -0.39 is 47.3 Å². The number of esters is 1. The lowest BCUT2D eigenvalue weighted by molar-refractivity contribution is -0.152. The van der Waals surface area contributed by atoms with Crippen molar-refractivity contribution in [3.63, 3.8) is 0 Å². The van der Waals surface area contributed by atoms with Crippen LogP contribution in [0, 0.1) is 6.92 Å². The molecule has 0 aromatic heterocycles. The molecule has 9 nitrogen and oxygen atoms in total. The van der Waals surface area contributed by atoms with Gasteiger partial charge in [0.05, 0.1) is 18.6 Å². The summed E-state index contributed by atoms with van der Waals surface area (Å²) < 4.78 is 49.8. The Morgan fingerprint density at radius 3 is 2.44 bits per heavy atom. The quantitative estimate of drug-likeness (QED) is 0.287. The molecule has 1 unspecified atom stereocenters. The van der Waals surface area contributed by atoms with Gasteiger partial charge in [-0.2, -0.15) is 8.42 Å². The number of carbonyl (C=O) groups excluding carboxylic acids is 1. The third kappa shape index (κ3) is 5.05. The van der Waals surface area contributed by atoms with Crippen molar-refractivity contribution in [2.45, 2.75) is 36.4 Å². The van der Waals surface area contributed by atoms with Gasteiger partial charge in [-0.05, 0) is 25.6 Å². The molecule has 1 aromatic rings. The summed E-state index contributed by atoms with van der Waals surface area (Å²) in [6.45, 7) is 4.77. The van der Waals surface area contributed by atoms with Crippen molar-refractivity contribution in [3.8, 4) is 0 Å². The second-order valence-electron chi connectivity index (χ2n) is 5.82. The van der Waals surface area contributed by atoms with Gasteiger partial charge in [-0.25, -0.2) is 4.79 Å². The van der Waals surface area contributed by atoms with E-state index in [1.54, 1.807) is 12.1 Å². The van der Waals surface area contributed by atoms with E-state index in [1.165, 1.54) is 19.2 Å². The largest absolute Gasteiger partial charge is 0.478 e. The van der Waals surface area contributed by atoms with Crippen LogP contribution in [0.25, 0.3) is 0 Å². The Labute approximate surface area is 157 Å². The van der Waals surface area contributed by atoms with Gasteiger partial charge in [0, 0.05) is 7.11 Å². The van der Waals surface area contributed by atoms with E-state index in [0.29, 0.717) is 0 Å². The Bertz CT molecular complexity index is 772. The number of benzene rings is 1. The standard InChI is InChI=1S/C17H22O9S/c1-10-5-7-12(8-6-10)27(20,21)24-9-13-15(14(18)17(23-4)26-13)25-11(2)16(19)22-3/h5-8,13-15,17-18H,2,9H2,1,3-4H3/t13-,14+,15-,17?/m1/s1. The smallest absolute Gasteiger partial charge is 0.372 e. The van der Waals surface area contributed by atoms with E-state index in [4.69, 9.17) is 18.4 Å². The normalized spacial score (nSPS) is 25.2. The molecular weight excluding hydrogens is 380 g/mol. The number of methoxy groups -OCH3 is 2. The highest BCUT2D eigenvalue weighted by Gasteiger charge is 2.47. The number of hydrogen-bond acceptors (Lipinski definition) is 9. The maximum absolute atomic E-state index is 12.3. The van der Waals surface area contributed by atoms with Crippen LogP contribution in [-0.4, -0.2) is 64.9 Å². The van der Waals surface area contributed by atoms with Crippen LogP contribution in [0.3, 0.4) is 0 Å². The zero-order valence-electron chi connectivity index (χ0n) is 15.2. The zero-order valence-corrected chi connectivity index (χ0v) is 16.0. The van der Waals surface area contributed by atoms with Crippen LogP contribution >= 0.6 is 0 Å². The SMILES string of the molecule is C=C(O[C@H]1[C@H](O)C(OC)O[C@@H]1COS(=O)(=O)c1ccc(C)cc1)C(=O)OC. The molecule has 27 heavy (non-hydrogen) atoms. The van der Waals surface area contributed by atoms with E-state index in [2.05, 4.69) is 11.3 Å². The molecule has 1 aliphatic heterocycles. The van der Waals surface area contributed by atoms with Gasteiger partial charge in [0.25, 0.3) is 10.1 Å². The van der Waals surface area contributed by atoms with Crippen LogP contribution in [0.4, 0.5) is 0 Å². The lowest BCUT2D eigenvalue weighted by Crippen LogP contribution is -2.38. The molecule has 0 aliphatic carbocycles. The number of aliphatic hydroxyl groups excluding tert-OH is 1. The van der Waals surface area contributed by atoms with Crippen molar-refractivity contribution >= 4 is 16.1 Å². The Kier molecular flexibility index (Phi) is 6.95. The van der Waals surface area contributed by atoms with Gasteiger partial charge < -0.3 is 24.1 Å². The summed E-state index contributed by atoms with van der Waals surface area (Å²) >= 11 is 0. The predicted molar refractivity (Wildman–Crippen MR) is 92.0 cm³/mol. The topological polar surface area (TPSA) is 118 Å². The molecule has 0 amide bonds. The Morgan fingerprint density at radius 1 is 1.26 bits per heavy atom. The molecule has 1 heterocycles. The van der Waals surface area contributed by atoms with Crippen LogP contribution in [0.1, 0.15) is 5.56 Å². The molecule has 1 aromatic carbocycles. The van der Waals surface area contributed by atoms with Crippen molar-refractivity contribution < 1.29 is 41.4 Å². The van der Waals surface area contributed by atoms with Gasteiger partial charge in [-0.15, -0.1) is 0 Å². The average molecular weight is 402 g/mol. The Morgan fingerprint density at radius 2 is 1.89 bits per heavy atom.